The number of carbonyl (C=O) groups is 1. The molecule has 0 aromatic rings. The maximum absolute atomic E-state index is 10.6. The average molecular weight is 217 g/mol. The summed E-state index contributed by atoms with van der Waals surface area (Å²) in [5.74, 6) is -0.224. The van der Waals surface area contributed by atoms with E-state index in [0.29, 0.717) is 17.1 Å². The lowest BCUT2D eigenvalue weighted by Crippen LogP contribution is -2.19. The predicted molar refractivity (Wildman–Crippen MR) is 61.3 cm³/mol. The quantitative estimate of drug-likeness (QED) is 0.688. The van der Waals surface area contributed by atoms with E-state index in [0.717, 1.165) is 5.70 Å². The molecule has 0 saturated heterocycles. The Morgan fingerprint density at radius 3 is 2.57 bits per heavy atom. The second kappa shape index (κ2) is 6.76. The van der Waals surface area contributed by atoms with Crippen LogP contribution >= 0.6 is 11.8 Å². The number of hydrogen-bond donors (Lipinski definition) is 1. The fraction of sp³-hybridized carbons (Fsp3) is 0.700. The molecular weight excluding hydrogens is 198 g/mol. The van der Waals surface area contributed by atoms with Gasteiger partial charge in [0.25, 0.3) is 0 Å². The molecule has 0 aliphatic heterocycles. The third kappa shape index (κ3) is 5.91. The number of ether oxygens (including phenoxy) is 1. The van der Waals surface area contributed by atoms with Crippen molar-refractivity contribution in [1.82, 2.24) is 5.32 Å². The fourth-order valence-electron chi connectivity index (χ4n) is 0.908. The Morgan fingerprint density at radius 2 is 2.14 bits per heavy atom. The van der Waals surface area contributed by atoms with Gasteiger partial charge in [0, 0.05) is 30.2 Å². The molecule has 2 atom stereocenters. The Bertz CT molecular complexity index is 206. The molecule has 1 N–H and O–H groups in total. The van der Waals surface area contributed by atoms with Crippen molar-refractivity contribution < 1.29 is 9.53 Å². The summed E-state index contributed by atoms with van der Waals surface area (Å²) < 4.78 is 4.91. The molecule has 4 heteroatoms. The van der Waals surface area contributed by atoms with Crippen LogP contribution in [0.3, 0.4) is 0 Å². The Balaban J connectivity index is 3.76. The summed E-state index contributed by atoms with van der Waals surface area (Å²) in [7, 11) is 1.86. The zero-order valence-corrected chi connectivity index (χ0v) is 10.1. The van der Waals surface area contributed by atoms with Crippen molar-refractivity contribution in [2.45, 2.75) is 31.3 Å². The molecule has 0 spiro atoms. The van der Waals surface area contributed by atoms with Gasteiger partial charge in [-0.15, -0.1) is 11.8 Å². The van der Waals surface area contributed by atoms with E-state index in [1.165, 1.54) is 6.92 Å². The van der Waals surface area contributed by atoms with Gasteiger partial charge in [0.05, 0.1) is 0 Å². The molecular formula is C10H19NO2S. The number of carbonyl (C=O) groups excluding carboxylic acids is 1. The molecule has 0 aliphatic carbocycles. The zero-order valence-electron chi connectivity index (χ0n) is 9.29. The largest absolute Gasteiger partial charge is 0.465 e. The van der Waals surface area contributed by atoms with Crippen LogP contribution in [0.1, 0.15) is 20.8 Å². The van der Waals surface area contributed by atoms with Crippen LogP contribution in [-0.4, -0.2) is 30.1 Å². The average Bonchev–Trinajstić information content (AvgIpc) is 2.13. The summed E-state index contributed by atoms with van der Waals surface area (Å²) in [6.07, 6.45) is 0. The number of thioether (sulfide) groups is 1. The number of rotatable bonds is 6. The lowest BCUT2D eigenvalue weighted by atomic mass is 10.4. The monoisotopic (exact) mass is 217 g/mol. The van der Waals surface area contributed by atoms with E-state index in [1.807, 2.05) is 14.0 Å². The smallest absolute Gasteiger partial charge is 0.302 e. The maximum atomic E-state index is 10.6. The number of hydrogen-bond acceptors (Lipinski definition) is 4. The highest BCUT2D eigenvalue weighted by Crippen LogP contribution is 2.21. The highest BCUT2D eigenvalue weighted by molar-refractivity contribution is 8.00. The van der Waals surface area contributed by atoms with E-state index in [9.17, 15) is 4.79 Å². The molecule has 0 aromatic heterocycles. The first-order valence-corrected chi connectivity index (χ1v) is 5.57. The minimum Gasteiger partial charge on any atom is -0.465 e. The molecule has 0 aromatic carbocycles. The Morgan fingerprint density at radius 1 is 1.57 bits per heavy atom. The SMILES string of the molecule is C=C(NC)C(C)S[C@@H](C)COC(C)=O. The molecule has 1 unspecified atom stereocenters. The van der Waals surface area contributed by atoms with Gasteiger partial charge in [-0.1, -0.05) is 6.58 Å². The highest BCUT2D eigenvalue weighted by Gasteiger charge is 2.12. The standard InChI is InChI=1S/C10H19NO2S/c1-7(6-13-10(4)12)14-9(3)8(2)11-5/h7,9,11H,2,6H2,1,3-5H3/t7-,9?/m0/s1. The van der Waals surface area contributed by atoms with Crippen LogP contribution in [-0.2, 0) is 9.53 Å². The van der Waals surface area contributed by atoms with Crippen molar-refractivity contribution in [2.24, 2.45) is 0 Å². The van der Waals surface area contributed by atoms with Gasteiger partial charge < -0.3 is 10.1 Å². The fourth-order valence-corrected chi connectivity index (χ4v) is 2.03. The highest BCUT2D eigenvalue weighted by atomic mass is 32.2. The first-order chi connectivity index (χ1) is 6.47. The van der Waals surface area contributed by atoms with E-state index < -0.39 is 0 Å². The molecule has 0 heterocycles. The minimum absolute atomic E-state index is 0.224. The van der Waals surface area contributed by atoms with E-state index in [2.05, 4.69) is 18.8 Å². The van der Waals surface area contributed by atoms with Crippen LogP contribution in [0, 0.1) is 0 Å². The van der Waals surface area contributed by atoms with E-state index >= 15 is 0 Å². The summed E-state index contributed by atoms with van der Waals surface area (Å²) in [5, 5.41) is 3.63. The molecule has 0 aliphatic rings. The lowest BCUT2D eigenvalue weighted by Gasteiger charge is -2.18. The molecule has 0 amide bonds. The van der Waals surface area contributed by atoms with Gasteiger partial charge in [0.15, 0.2) is 0 Å². The summed E-state index contributed by atoms with van der Waals surface area (Å²) in [6.45, 7) is 9.88. The van der Waals surface area contributed by atoms with Gasteiger partial charge in [0.2, 0.25) is 0 Å². The van der Waals surface area contributed by atoms with Crippen molar-refractivity contribution >= 4 is 17.7 Å². The van der Waals surface area contributed by atoms with Crippen molar-refractivity contribution in [2.75, 3.05) is 13.7 Å². The van der Waals surface area contributed by atoms with Crippen LogP contribution in [0.15, 0.2) is 12.3 Å². The summed E-state index contributed by atoms with van der Waals surface area (Å²) >= 11 is 1.73. The van der Waals surface area contributed by atoms with E-state index in [-0.39, 0.29) is 5.97 Å². The van der Waals surface area contributed by atoms with E-state index in [1.54, 1.807) is 11.8 Å². The minimum atomic E-state index is -0.224. The third-order valence-electron chi connectivity index (χ3n) is 1.77. The van der Waals surface area contributed by atoms with Gasteiger partial charge in [-0.05, 0) is 13.8 Å². The summed E-state index contributed by atoms with van der Waals surface area (Å²) in [4.78, 5) is 10.6. The molecule has 0 rings (SSSR count). The van der Waals surface area contributed by atoms with Crippen LogP contribution in [0.4, 0.5) is 0 Å². The third-order valence-corrected chi connectivity index (χ3v) is 3.06. The first kappa shape index (κ1) is 13.4. The van der Waals surface area contributed by atoms with Crippen LogP contribution in [0.5, 0.6) is 0 Å². The molecule has 0 fully saturated rings. The number of nitrogens with one attached hydrogen (secondary N) is 1. The maximum Gasteiger partial charge on any atom is 0.302 e. The van der Waals surface area contributed by atoms with Crippen LogP contribution in [0.25, 0.3) is 0 Å². The van der Waals surface area contributed by atoms with E-state index in [4.69, 9.17) is 4.74 Å². The molecule has 82 valence electrons. The molecule has 0 saturated carbocycles. The second-order valence-electron chi connectivity index (χ2n) is 3.17. The second-order valence-corrected chi connectivity index (χ2v) is 4.95. The Kier molecular flexibility index (Phi) is 6.45. The summed E-state index contributed by atoms with van der Waals surface area (Å²) in [5.41, 5.74) is 0.990. The van der Waals surface area contributed by atoms with Crippen LogP contribution < -0.4 is 5.32 Å². The molecule has 0 radical (unpaired) electrons. The topological polar surface area (TPSA) is 38.3 Å². The normalized spacial score (nSPS) is 14.3. The predicted octanol–water partition coefficient (Wildman–Crippen LogP) is 1.79. The van der Waals surface area contributed by atoms with Gasteiger partial charge in [-0.25, -0.2) is 0 Å². The zero-order chi connectivity index (χ0) is 11.1. The van der Waals surface area contributed by atoms with Crippen molar-refractivity contribution in [1.29, 1.82) is 0 Å². The molecule has 3 nitrogen and oxygen atoms in total. The molecule has 14 heavy (non-hydrogen) atoms. The Hall–Kier alpha value is -0.640. The summed E-state index contributed by atoms with van der Waals surface area (Å²) in [6, 6.07) is 0. The van der Waals surface area contributed by atoms with Gasteiger partial charge in [-0.2, -0.15) is 0 Å². The first-order valence-electron chi connectivity index (χ1n) is 4.62. The number of esters is 1. The Labute approximate surface area is 90.3 Å². The van der Waals surface area contributed by atoms with Crippen molar-refractivity contribution in [3.63, 3.8) is 0 Å². The van der Waals surface area contributed by atoms with Crippen LogP contribution in [0.2, 0.25) is 0 Å². The lowest BCUT2D eigenvalue weighted by molar-refractivity contribution is -0.140. The van der Waals surface area contributed by atoms with Gasteiger partial charge >= 0.3 is 5.97 Å². The van der Waals surface area contributed by atoms with Gasteiger partial charge in [0.1, 0.15) is 6.61 Å². The van der Waals surface area contributed by atoms with Crippen molar-refractivity contribution in [3.05, 3.63) is 12.3 Å². The van der Waals surface area contributed by atoms with Gasteiger partial charge in [-0.3, -0.25) is 4.79 Å². The van der Waals surface area contributed by atoms with Crippen molar-refractivity contribution in [3.8, 4) is 0 Å². The molecule has 0 bridgehead atoms.